The third-order valence-corrected chi connectivity index (χ3v) is 8.27. The first-order chi connectivity index (χ1) is 23.8. The molecule has 0 saturated carbocycles. The molecule has 1 aliphatic carbocycles. The zero-order valence-corrected chi connectivity index (χ0v) is 28.4. The number of rotatable bonds is 21. The molecule has 4 rings (SSSR count). The van der Waals surface area contributed by atoms with Gasteiger partial charge in [0.15, 0.2) is 0 Å². The molecular weight excluding hydrogens is 634 g/mol. The van der Waals surface area contributed by atoms with Crippen LogP contribution in [0.4, 0.5) is 4.79 Å². The summed E-state index contributed by atoms with van der Waals surface area (Å²) in [6, 6.07) is 11.4. The average molecular weight is 682 g/mol. The maximum Gasteiger partial charge on any atom is 0.533 e. The van der Waals surface area contributed by atoms with Crippen molar-refractivity contribution in [2.45, 2.75) is 64.2 Å². The maximum absolute atomic E-state index is 13.4. The van der Waals surface area contributed by atoms with Crippen LogP contribution in [0, 0.1) is 0 Å². The summed E-state index contributed by atoms with van der Waals surface area (Å²) in [5, 5.41) is 6.26. The Hall–Kier alpha value is -4.33. The van der Waals surface area contributed by atoms with Crippen molar-refractivity contribution in [3.05, 3.63) is 58.7 Å². The van der Waals surface area contributed by atoms with Crippen molar-refractivity contribution in [1.29, 1.82) is 0 Å². The van der Waals surface area contributed by atoms with Crippen molar-refractivity contribution in [3.8, 4) is 11.1 Å². The van der Waals surface area contributed by atoms with Gasteiger partial charge in [-0.3, -0.25) is 24.0 Å². The molecule has 49 heavy (non-hydrogen) atoms. The molecule has 13 nitrogen and oxygen atoms in total. The third kappa shape index (κ3) is 10.8. The summed E-state index contributed by atoms with van der Waals surface area (Å²) in [5.74, 6) is -1.96. The Bertz CT molecular complexity index is 1450. The van der Waals surface area contributed by atoms with E-state index in [2.05, 4.69) is 17.6 Å². The molecular formula is C36H47N3O10. The molecule has 1 atom stereocenters. The van der Waals surface area contributed by atoms with E-state index in [4.69, 9.17) is 23.8 Å². The number of fused-ring (bicyclic) bond motifs is 3. The zero-order chi connectivity index (χ0) is 35.0. The topological polar surface area (TPSA) is 159 Å². The van der Waals surface area contributed by atoms with Gasteiger partial charge in [0.25, 0.3) is 17.7 Å². The van der Waals surface area contributed by atoms with E-state index in [-0.39, 0.29) is 31.3 Å². The summed E-state index contributed by atoms with van der Waals surface area (Å²) >= 11 is 0. The minimum Gasteiger partial charge on any atom is -0.432 e. The molecule has 1 saturated heterocycles. The van der Waals surface area contributed by atoms with Gasteiger partial charge < -0.3 is 29.6 Å². The van der Waals surface area contributed by atoms with E-state index in [0.29, 0.717) is 76.0 Å². The van der Waals surface area contributed by atoms with Crippen LogP contribution in [0.5, 0.6) is 0 Å². The molecule has 13 heteroatoms. The molecule has 266 valence electrons. The number of nitrogens with zero attached hydrogens (tertiary/aromatic N) is 1. The van der Waals surface area contributed by atoms with E-state index in [9.17, 15) is 24.0 Å². The highest BCUT2D eigenvalue weighted by molar-refractivity contribution is 6.03. The van der Waals surface area contributed by atoms with E-state index in [1.54, 1.807) is 19.2 Å². The Morgan fingerprint density at radius 2 is 1.59 bits per heavy atom. The summed E-state index contributed by atoms with van der Waals surface area (Å²) in [5.41, 5.74) is 4.66. The minimum atomic E-state index is -1.17. The summed E-state index contributed by atoms with van der Waals surface area (Å²) in [6.45, 7) is 5.42. The van der Waals surface area contributed by atoms with Crippen LogP contribution < -0.4 is 10.6 Å². The molecule has 0 aromatic heterocycles. The fraction of sp³-hybridized carbons (Fsp3) is 0.528. The van der Waals surface area contributed by atoms with Crippen molar-refractivity contribution in [1.82, 2.24) is 15.7 Å². The van der Waals surface area contributed by atoms with Gasteiger partial charge in [0, 0.05) is 70.8 Å². The van der Waals surface area contributed by atoms with Gasteiger partial charge in [-0.05, 0) is 59.6 Å². The lowest BCUT2D eigenvalue weighted by Gasteiger charge is -2.17. The molecule has 0 radical (unpaired) electrons. The molecule has 2 aromatic carbocycles. The lowest BCUT2D eigenvalue weighted by molar-refractivity contribution is -0.177. The first-order valence-electron chi connectivity index (χ1n) is 17.0. The first-order valence-corrected chi connectivity index (χ1v) is 17.0. The van der Waals surface area contributed by atoms with Crippen LogP contribution in [0.2, 0.25) is 0 Å². The number of ether oxygens (including phenoxy) is 4. The number of hydroxylamine groups is 2. The number of amides is 4. The number of carbonyl (C=O) groups is 5. The van der Waals surface area contributed by atoms with Crippen molar-refractivity contribution < 1.29 is 47.8 Å². The van der Waals surface area contributed by atoms with Crippen LogP contribution in [-0.4, -0.2) is 94.7 Å². The average Bonchev–Trinajstić information content (AvgIpc) is 3.59. The summed E-state index contributed by atoms with van der Waals surface area (Å²) in [7, 11) is 1.63. The van der Waals surface area contributed by atoms with Crippen LogP contribution in [0.3, 0.4) is 0 Å². The van der Waals surface area contributed by atoms with Crippen LogP contribution in [0.1, 0.15) is 84.8 Å². The number of methoxy groups -OCH3 is 1. The second-order valence-corrected chi connectivity index (χ2v) is 11.9. The standard InChI is InChI=1S/C36H47N3O10/c1-3-4-19-46-21-16-37-31(40)11-5-8-25-12-13-27-29(23-25)30(24-48-36(44)49-39-32(41)14-15-33(39)42)26-9-6-10-28(34(26)27)35(43)38-17-22-47-20-7-18-45-2/h6,9-10,12-13,23,30H,3-5,7-8,11,14-22,24H2,1-2H3,(H,37,40)(H,38,43). The second-order valence-electron chi connectivity index (χ2n) is 11.9. The molecule has 1 aliphatic heterocycles. The largest absolute Gasteiger partial charge is 0.533 e. The predicted octanol–water partition coefficient (Wildman–Crippen LogP) is 4.05. The van der Waals surface area contributed by atoms with Gasteiger partial charge in [-0.1, -0.05) is 48.7 Å². The summed E-state index contributed by atoms with van der Waals surface area (Å²) in [4.78, 5) is 67.1. The van der Waals surface area contributed by atoms with E-state index < -0.39 is 23.9 Å². The molecule has 1 unspecified atom stereocenters. The molecule has 2 N–H and O–H groups in total. The molecule has 1 fully saturated rings. The minimum absolute atomic E-state index is 0.0296. The quantitative estimate of drug-likeness (QED) is 0.112. The molecule has 0 spiro atoms. The van der Waals surface area contributed by atoms with Gasteiger partial charge in [-0.15, -0.1) is 0 Å². The Morgan fingerprint density at radius 3 is 2.33 bits per heavy atom. The first kappa shape index (κ1) is 37.5. The fourth-order valence-corrected chi connectivity index (χ4v) is 5.78. The van der Waals surface area contributed by atoms with E-state index in [1.807, 2.05) is 24.3 Å². The number of nitrogens with one attached hydrogen (secondary N) is 2. The molecule has 1 heterocycles. The Labute approximate surface area is 286 Å². The van der Waals surface area contributed by atoms with Crippen molar-refractivity contribution >= 4 is 29.8 Å². The molecule has 2 aromatic rings. The fourth-order valence-electron chi connectivity index (χ4n) is 5.78. The highest BCUT2D eigenvalue weighted by atomic mass is 16.8. The second kappa shape index (κ2) is 19.6. The van der Waals surface area contributed by atoms with E-state index >= 15 is 0 Å². The number of imide groups is 1. The Kier molecular flexibility index (Phi) is 15.0. The van der Waals surface area contributed by atoms with Gasteiger partial charge in [0.05, 0.1) is 13.2 Å². The number of benzene rings is 2. The van der Waals surface area contributed by atoms with Gasteiger partial charge in [-0.25, -0.2) is 4.79 Å². The monoisotopic (exact) mass is 681 g/mol. The molecule has 0 bridgehead atoms. The number of carbonyl (C=O) groups excluding carboxylic acids is 5. The van der Waals surface area contributed by atoms with Crippen molar-refractivity contribution in [2.75, 3.05) is 59.8 Å². The SMILES string of the molecule is CCCCOCCNC(=O)CCCc1ccc2c(c1)C(COC(=O)ON1C(=O)CCC1=O)c1cccc(C(=O)NCCOCCCOC)c1-2. The number of unbranched alkanes of at least 4 members (excludes halogenated alkanes) is 1. The smallest absolute Gasteiger partial charge is 0.432 e. The van der Waals surface area contributed by atoms with E-state index in [0.717, 1.165) is 47.1 Å². The predicted molar refractivity (Wildman–Crippen MR) is 179 cm³/mol. The summed E-state index contributed by atoms with van der Waals surface area (Å²) in [6.07, 6.45) is 3.21. The Balaban J connectivity index is 1.43. The van der Waals surface area contributed by atoms with Crippen LogP contribution >= 0.6 is 0 Å². The van der Waals surface area contributed by atoms with Crippen LogP contribution in [0.15, 0.2) is 36.4 Å². The lowest BCUT2D eigenvalue weighted by Crippen LogP contribution is -2.32. The number of hydrogen-bond donors (Lipinski definition) is 2. The Morgan fingerprint density at radius 1 is 0.857 bits per heavy atom. The molecule has 4 amide bonds. The van der Waals surface area contributed by atoms with Gasteiger partial charge in [0.2, 0.25) is 5.91 Å². The summed E-state index contributed by atoms with van der Waals surface area (Å²) < 4.78 is 21.5. The van der Waals surface area contributed by atoms with Gasteiger partial charge in [0.1, 0.15) is 6.61 Å². The van der Waals surface area contributed by atoms with E-state index in [1.165, 1.54) is 0 Å². The molecule has 2 aliphatic rings. The normalized spacial score (nSPS) is 14.8. The third-order valence-electron chi connectivity index (χ3n) is 8.27. The number of aryl methyl sites for hydroxylation is 1. The van der Waals surface area contributed by atoms with Crippen LogP contribution in [-0.2, 0) is 44.6 Å². The highest BCUT2D eigenvalue weighted by Crippen LogP contribution is 2.47. The lowest BCUT2D eigenvalue weighted by atomic mass is 9.95. The number of hydrogen-bond acceptors (Lipinski definition) is 10. The maximum atomic E-state index is 13.4. The van der Waals surface area contributed by atoms with Gasteiger partial charge >= 0.3 is 6.16 Å². The van der Waals surface area contributed by atoms with Crippen molar-refractivity contribution in [3.63, 3.8) is 0 Å². The van der Waals surface area contributed by atoms with Crippen LogP contribution in [0.25, 0.3) is 11.1 Å². The highest BCUT2D eigenvalue weighted by Gasteiger charge is 2.36. The van der Waals surface area contributed by atoms with Crippen molar-refractivity contribution in [2.24, 2.45) is 0 Å². The van der Waals surface area contributed by atoms with Gasteiger partial charge in [-0.2, -0.15) is 0 Å². The zero-order valence-electron chi connectivity index (χ0n) is 28.4.